The fourth-order valence-electron chi connectivity index (χ4n) is 1.73. The molecule has 1 aromatic rings. The fourth-order valence-corrected chi connectivity index (χ4v) is 2.30. The third kappa shape index (κ3) is 3.83. The molecule has 0 bridgehead atoms. The lowest BCUT2D eigenvalue weighted by Crippen LogP contribution is -2.36. The first-order chi connectivity index (χ1) is 7.36. The van der Waals surface area contributed by atoms with Crippen LogP contribution < -0.4 is 10.6 Å². The Kier molecular flexibility index (Phi) is 5.90. The number of carbonyl (C=O) groups is 1. The Morgan fingerprint density at radius 3 is 3.19 bits per heavy atom. The highest BCUT2D eigenvalue weighted by atomic mass is 35.5. The maximum absolute atomic E-state index is 11.5. The average molecular weight is 262 g/mol. The van der Waals surface area contributed by atoms with Crippen LogP contribution in [0.15, 0.2) is 11.6 Å². The van der Waals surface area contributed by atoms with Crippen molar-refractivity contribution in [1.82, 2.24) is 15.6 Å². The van der Waals surface area contributed by atoms with E-state index in [0.717, 1.165) is 13.1 Å². The normalized spacial score (nSPS) is 19.4. The largest absolute Gasteiger partial charge is 0.313 e. The summed E-state index contributed by atoms with van der Waals surface area (Å²) in [6.07, 6.45) is 4.11. The molecule has 6 heteroatoms. The van der Waals surface area contributed by atoms with Crippen LogP contribution in [0.5, 0.6) is 0 Å². The van der Waals surface area contributed by atoms with Crippen LogP contribution in [0.4, 0.5) is 0 Å². The van der Waals surface area contributed by atoms with Crippen molar-refractivity contribution in [3.05, 3.63) is 16.6 Å². The molecule has 1 aliphatic rings. The van der Waals surface area contributed by atoms with Gasteiger partial charge in [-0.05, 0) is 19.4 Å². The monoisotopic (exact) mass is 261 g/mol. The Hall–Kier alpha value is -0.490. The molecule has 1 unspecified atom stereocenters. The van der Waals surface area contributed by atoms with E-state index in [4.69, 9.17) is 0 Å². The van der Waals surface area contributed by atoms with Crippen molar-refractivity contribution >= 4 is 29.5 Å². The molecule has 16 heavy (non-hydrogen) atoms. The van der Waals surface area contributed by atoms with Gasteiger partial charge in [0.25, 0.3) is 0 Å². The molecule has 0 saturated carbocycles. The molecule has 1 atom stereocenters. The Morgan fingerprint density at radius 2 is 2.56 bits per heavy atom. The van der Waals surface area contributed by atoms with Gasteiger partial charge in [0, 0.05) is 24.2 Å². The second kappa shape index (κ2) is 6.96. The molecule has 1 saturated heterocycles. The van der Waals surface area contributed by atoms with Crippen LogP contribution in [0.2, 0.25) is 0 Å². The minimum Gasteiger partial charge on any atom is -0.313 e. The van der Waals surface area contributed by atoms with Gasteiger partial charge in [-0.25, -0.2) is 4.98 Å². The van der Waals surface area contributed by atoms with Gasteiger partial charge in [-0.1, -0.05) is 0 Å². The Morgan fingerprint density at radius 1 is 1.69 bits per heavy atom. The second-order valence-electron chi connectivity index (χ2n) is 3.68. The van der Waals surface area contributed by atoms with Crippen LogP contribution in [0.3, 0.4) is 0 Å². The molecule has 0 amide bonds. The van der Waals surface area contributed by atoms with E-state index in [1.165, 1.54) is 24.2 Å². The van der Waals surface area contributed by atoms with Crippen molar-refractivity contribution in [3.8, 4) is 0 Å². The molecule has 0 radical (unpaired) electrons. The number of rotatable bonds is 5. The third-order valence-electron chi connectivity index (χ3n) is 2.51. The van der Waals surface area contributed by atoms with Gasteiger partial charge < -0.3 is 10.6 Å². The molecule has 4 nitrogen and oxygen atoms in total. The van der Waals surface area contributed by atoms with Crippen molar-refractivity contribution in [3.63, 3.8) is 0 Å². The number of halogens is 1. The SMILES string of the molecule is Cl.O=C(CNCC1CCCN1)c1nccs1. The zero-order chi connectivity index (χ0) is 10.5. The zero-order valence-corrected chi connectivity index (χ0v) is 10.6. The first-order valence-corrected chi connectivity index (χ1v) is 6.11. The van der Waals surface area contributed by atoms with E-state index >= 15 is 0 Å². The van der Waals surface area contributed by atoms with E-state index in [2.05, 4.69) is 15.6 Å². The van der Waals surface area contributed by atoms with Gasteiger partial charge >= 0.3 is 0 Å². The van der Waals surface area contributed by atoms with E-state index in [9.17, 15) is 4.79 Å². The van der Waals surface area contributed by atoms with E-state index in [0.29, 0.717) is 17.6 Å². The average Bonchev–Trinajstić information content (AvgIpc) is 2.90. The maximum Gasteiger partial charge on any atom is 0.205 e. The summed E-state index contributed by atoms with van der Waals surface area (Å²) < 4.78 is 0. The summed E-state index contributed by atoms with van der Waals surface area (Å²) in [5.41, 5.74) is 0. The number of aromatic nitrogens is 1. The Labute approximate surface area is 105 Å². The lowest BCUT2D eigenvalue weighted by molar-refractivity contribution is 0.0990. The van der Waals surface area contributed by atoms with Crippen molar-refractivity contribution < 1.29 is 4.79 Å². The van der Waals surface area contributed by atoms with Gasteiger partial charge in [0.1, 0.15) is 0 Å². The van der Waals surface area contributed by atoms with Gasteiger partial charge in [0.15, 0.2) is 5.01 Å². The van der Waals surface area contributed by atoms with E-state index < -0.39 is 0 Å². The molecular weight excluding hydrogens is 246 g/mol. The molecular formula is C10H16ClN3OS. The summed E-state index contributed by atoms with van der Waals surface area (Å²) in [6.45, 7) is 2.37. The Bertz CT molecular complexity index is 312. The first-order valence-electron chi connectivity index (χ1n) is 5.23. The summed E-state index contributed by atoms with van der Waals surface area (Å²) in [4.78, 5) is 15.5. The van der Waals surface area contributed by atoms with Gasteiger partial charge in [-0.3, -0.25) is 4.79 Å². The van der Waals surface area contributed by atoms with Crippen LogP contribution in [0.1, 0.15) is 22.6 Å². The molecule has 0 aromatic carbocycles. The van der Waals surface area contributed by atoms with Gasteiger partial charge in [0.2, 0.25) is 5.78 Å². The maximum atomic E-state index is 11.5. The van der Waals surface area contributed by atoms with Crippen molar-refractivity contribution in [2.75, 3.05) is 19.6 Å². The predicted octanol–water partition coefficient (Wildman–Crippen LogP) is 1.09. The number of nitrogens with zero attached hydrogens (tertiary/aromatic N) is 1. The van der Waals surface area contributed by atoms with Gasteiger partial charge in [-0.2, -0.15) is 0 Å². The second-order valence-corrected chi connectivity index (χ2v) is 4.58. The molecule has 1 fully saturated rings. The van der Waals surface area contributed by atoms with Crippen molar-refractivity contribution in [1.29, 1.82) is 0 Å². The Balaban J connectivity index is 0.00000128. The summed E-state index contributed by atoms with van der Waals surface area (Å²) in [5.74, 6) is 0.0861. The summed E-state index contributed by atoms with van der Waals surface area (Å²) >= 11 is 1.40. The lowest BCUT2D eigenvalue weighted by atomic mass is 10.2. The highest BCUT2D eigenvalue weighted by molar-refractivity contribution is 7.11. The van der Waals surface area contributed by atoms with Crippen LogP contribution in [-0.4, -0.2) is 36.4 Å². The molecule has 2 N–H and O–H groups in total. The standard InChI is InChI=1S/C10H15N3OS.ClH/c14-9(10-13-4-5-15-10)7-11-6-8-2-1-3-12-8;/h4-5,8,11-12H,1-3,6-7H2;1H. The minimum atomic E-state index is 0. The van der Waals surface area contributed by atoms with Crippen LogP contribution in [-0.2, 0) is 0 Å². The molecule has 2 heterocycles. The van der Waals surface area contributed by atoms with Crippen LogP contribution in [0, 0.1) is 0 Å². The summed E-state index contributed by atoms with van der Waals surface area (Å²) in [6, 6.07) is 0.536. The van der Waals surface area contributed by atoms with Crippen molar-refractivity contribution in [2.24, 2.45) is 0 Å². The predicted molar refractivity (Wildman–Crippen MR) is 67.6 cm³/mol. The lowest BCUT2D eigenvalue weighted by Gasteiger charge is -2.09. The molecule has 1 aliphatic heterocycles. The quantitative estimate of drug-likeness (QED) is 0.779. The number of nitrogens with one attached hydrogen (secondary N) is 2. The van der Waals surface area contributed by atoms with E-state index in [-0.39, 0.29) is 18.2 Å². The topological polar surface area (TPSA) is 54.0 Å². The number of hydrogen-bond acceptors (Lipinski definition) is 5. The van der Waals surface area contributed by atoms with Gasteiger partial charge in [-0.15, -0.1) is 23.7 Å². The van der Waals surface area contributed by atoms with Gasteiger partial charge in [0.05, 0.1) is 6.54 Å². The molecule has 2 rings (SSSR count). The number of Topliss-reactive ketones (excluding diaryl/α,β-unsaturated/α-hetero) is 1. The molecule has 90 valence electrons. The summed E-state index contributed by atoms with van der Waals surface area (Å²) in [5, 5.41) is 8.97. The number of thiazole rings is 1. The highest BCUT2D eigenvalue weighted by Crippen LogP contribution is 2.05. The van der Waals surface area contributed by atoms with E-state index in [1.54, 1.807) is 6.20 Å². The number of hydrogen-bond donors (Lipinski definition) is 2. The molecule has 1 aromatic heterocycles. The molecule has 0 spiro atoms. The zero-order valence-electron chi connectivity index (χ0n) is 8.94. The van der Waals surface area contributed by atoms with Crippen molar-refractivity contribution in [2.45, 2.75) is 18.9 Å². The first kappa shape index (κ1) is 13.6. The molecule has 0 aliphatic carbocycles. The van der Waals surface area contributed by atoms with Crippen LogP contribution in [0.25, 0.3) is 0 Å². The minimum absolute atomic E-state index is 0. The highest BCUT2D eigenvalue weighted by Gasteiger charge is 2.14. The number of ketones is 1. The van der Waals surface area contributed by atoms with E-state index in [1.807, 2.05) is 5.38 Å². The summed E-state index contributed by atoms with van der Waals surface area (Å²) in [7, 11) is 0. The smallest absolute Gasteiger partial charge is 0.205 e. The number of carbonyl (C=O) groups excluding carboxylic acids is 1. The fraction of sp³-hybridized carbons (Fsp3) is 0.600. The third-order valence-corrected chi connectivity index (χ3v) is 3.32. The van der Waals surface area contributed by atoms with Crippen LogP contribution >= 0.6 is 23.7 Å².